The number of hydrogen-bond acceptors (Lipinski definition) is 2. The minimum Gasteiger partial charge on any atom is -0.341 e. The smallest absolute Gasteiger partial charge is 0.242 e. The summed E-state index contributed by atoms with van der Waals surface area (Å²) in [6.45, 7) is 1.35. The zero-order valence-corrected chi connectivity index (χ0v) is 10.9. The summed E-state index contributed by atoms with van der Waals surface area (Å²) < 4.78 is 2.07. The first-order valence-corrected chi connectivity index (χ1v) is 6.87. The van der Waals surface area contributed by atoms with Gasteiger partial charge in [0.2, 0.25) is 5.91 Å². The summed E-state index contributed by atoms with van der Waals surface area (Å²) in [5.74, 6) is 0.223. The van der Waals surface area contributed by atoms with Crippen LogP contribution < -0.4 is 5.32 Å². The van der Waals surface area contributed by atoms with Gasteiger partial charge in [-0.05, 0) is 37.8 Å². The van der Waals surface area contributed by atoms with Gasteiger partial charge in [0.15, 0.2) is 0 Å². The van der Waals surface area contributed by atoms with Crippen molar-refractivity contribution in [1.29, 1.82) is 0 Å². The minimum atomic E-state index is 0.223. The highest BCUT2D eigenvalue weighted by Crippen LogP contribution is 2.25. The predicted octanol–water partition coefficient (Wildman–Crippen LogP) is 1.36. The summed E-state index contributed by atoms with van der Waals surface area (Å²) in [6.07, 6.45) is 6.94. The largest absolute Gasteiger partial charge is 0.341 e. The van der Waals surface area contributed by atoms with E-state index in [4.69, 9.17) is 0 Å². The van der Waals surface area contributed by atoms with Crippen molar-refractivity contribution in [2.24, 2.45) is 0 Å². The van der Waals surface area contributed by atoms with Crippen molar-refractivity contribution in [3.05, 3.63) is 24.0 Å². The quantitative estimate of drug-likeness (QED) is 0.824. The van der Waals surface area contributed by atoms with Gasteiger partial charge < -0.3 is 14.8 Å². The average molecular weight is 247 g/mol. The first-order chi connectivity index (χ1) is 8.74. The van der Waals surface area contributed by atoms with Gasteiger partial charge in [0.25, 0.3) is 0 Å². The molecule has 0 unspecified atom stereocenters. The van der Waals surface area contributed by atoms with Crippen LogP contribution in [0.5, 0.6) is 0 Å². The Morgan fingerprint density at radius 3 is 2.89 bits per heavy atom. The Labute approximate surface area is 108 Å². The molecule has 0 bridgehead atoms. The summed E-state index contributed by atoms with van der Waals surface area (Å²) in [5.41, 5.74) is 1.21. The van der Waals surface area contributed by atoms with Gasteiger partial charge in [-0.1, -0.05) is 0 Å². The molecular formula is C14H21N3O. The lowest BCUT2D eigenvalue weighted by molar-refractivity contribution is -0.131. The predicted molar refractivity (Wildman–Crippen MR) is 70.1 cm³/mol. The van der Waals surface area contributed by atoms with E-state index in [9.17, 15) is 4.79 Å². The van der Waals surface area contributed by atoms with Crippen molar-refractivity contribution >= 4 is 5.91 Å². The summed E-state index contributed by atoms with van der Waals surface area (Å²) in [7, 11) is 1.92. The van der Waals surface area contributed by atoms with Gasteiger partial charge in [-0.3, -0.25) is 4.79 Å². The molecule has 2 fully saturated rings. The third-order valence-corrected chi connectivity index (χ3v) is 3.87. The third-order valence-electron chi connectivity index (χ3n) is 3.87. The number of aromatic nitrogens is 1. The topological polar surface area (TPSA) is 37.3 Å². The molecule has 1 aromatic heterocycles. The molecule has 0 aliphatic heterocycles. The van der Waals surface area contributed by atoms with Crippen LogP contribution in [0.3, 0.4) is 0 Å². The molecular weight excluding hydrogens is 226 g/mol. The fourth-order valence-electron chi connectivity index (χ4n) is 2.22. The van der Waals surface area contributed by atoms with Gasteiger partial charge in [0, 0.05) is 37.6 Å². The molecule has 4 nitrogen and oxygen atoms in total. The van der Waals surface area contributed by atoms with Gasteiger partial charge in [0.05, 0.1) is 0 Å². The number of nitrogens with one attached hydrogen (secondary N) is 1. The van der Waals surface area contributed by atoms with Crippen LogP contribution in [0, 0.1) is 0 Å². The third kappa shape index (κ3) is 2.75. The highest BCUT2D eigenvalue weighted by molar-refractivity contribution is 5.76. The summed E-state index contributed by atoms with van der Waals surface area (Å²) >= 11 is 0. The first kappa shape index (κ1) is 11.8. The van der Waals surface area contributed by atoms with Crippen LogP contribution in [0.1, 0.15) is 31.4 Å². The lowest BCUT2D eigenvalue weighted by Gasteiger charge is -2.18. The second kappa shape index (κ2) is 4.76. The Bertz CT molecular complexity index is 432. The van der Waals surface area contributed by atoms with E-state index in [2.05, 4.69) is 16.0 Å². The van der Waals surface area contributed by atoms with E-state index >= 15 is 0 Å². The van der Waals surface area contributed by atoms with Crippen molar-refractivity contribution in [3.8, 4) is 0 Å². The number of likely N-dealkylation sites (N-methyl/N-ethyl adjacent to an activating group) is 1. The molecule has 98 valence electrons. The monoisotopic (exact) mass is 247 g/mol. The molecule has 1 amide bonds. The van der Waals surface area contributed by atoms with Crippen molar-refractivity contribution in [2.45, 2.75) is 50.9 Å². The summed E-state index contributed by atoms with van der Waals surface area (Å²) in [4.78, 5) is 14.0. The van der Waals surface area contributed by atoms with Crippen molar-refractivity contribution in [2.75, 3.05) is 7.05 Å². The van der Waals surface area contributed by atoms with Crippen LogP contribution in [-0.2, 0) is 17.9 Å². The van der Waals surface area contributed by atoms with E-state index in [-0.39, 0.29) is 5.91 Å². The van der Waals surface area contributed by atoms with Crippen molar-refractivity contribution in [1.82, 2.24) is 14.8 Å². The molecule has 3 rings (SSSR count). The molecule has 1 heterocycles. The molecule has 0 radical (unpaired) electrons. The average Bonchev–Trinajstić information content (AvgIpc) is 3.26. The molecule has 2 aliphatic rings. The standard InChI is InChI=1S/C14H21N3O/c1-16(12-6-7-12)14(18)10-17-8-2-3-13(17)9-15-11-4-5-11/h2-3,8,11-12,15H,4-7,9-10H2,1H3. The van der Waals surface area contributed by atoms with Gasteiger partial charge in [-0.15, -0.1) is 0 Å². The summed E-state index contributed by atoms with van der Waals surface area (Å²) in [6, 6.07) is 5.33. The minimum absolute atomic E-state index is 0.223. The maximum atomic E-state index is 12.1. The van der Waals surface area contributed by atoms with Crippen molar-refractivity contribution < 1.29 is 4.79 Å². The molecule has 18 heavy (non-hydrogen) atoms. The van der Waals surface area contributed by atoms with Crippen LogP contribution in [0.2, 0.25) is 0 Å². The second-order valence-corrected chi connectivity index (χ2v) is 5.52. The zero-order valence-electron chi connectivity index (χ0n) is 10.9. The van der Waals surface area contributed by atoms with E-state index in [1.54, 1.807) is 0 Å². The number of nitrogens with zero attached hydrogens (tertiary/aromatic N) is 2. The summed E-state index contributed by atoms with van der Waals surface area (Å²) in [5, 5.41) is 3.49. The Kier molecular flexibility index (Phi) is 3.12. The number of amides is 1. The Hall–Kier alpha value is -1.29. The lowest BCUT2D eigenvalue weighted by atomic mass is 10.4. The Morgan fingerprint density at radius 2 is 2.22 bits per heavy atom. The van der Waals surface area contributed by atoms with Gasteiger partial charge in [-0.2, -0.15) is 0 Å². The Balaban J connectivity index is 1.57. The van der Waals surface area contributed by atoms with Crippen LogP contribution in [0.15, 0.2) is 18.3 Å². The van der Waals surface area contributed by atoms with Gasteiger partial charge in [0.1, 0.15) is 6.54 Å². The first-order valence-electron chi connectivity index (χ1n) is 6.87. The van der Waals surface area contributed by atoms with E-state index in [1.165, 1.54) is 31.4 Å². The highest BCUT2D eigenvalue weighted by Gasteiger charge is 2.29. The highest BCUT2D eigenvalue weighted by atomic mass is 16.2. The van der Waals surface area contributed by atoms with E-state index in [0.29, 0.717) is 18.6 Å². The molecule has 0 spiro atoms. The molecule has 1 aromatic rings. The molecule has 2 aliphatic carbocycles. The molecule has 4 heteroatoms. The Morgan fingerprint density at radius 1 is 1.44 bits per heavy atom. The maximum absolute atomic E-state index is 12.1. The van der Waals surface area contributed by atoms with Crippen LogP contribution in [-0.4, -0.2) is 34.5 Å². The van der Waals surface area contributed by atoms with Gasteiger partial charge >= 0.3 is 0 Å². The lowest BCUT2D eigenvalue weighted by Crippen LogP contribution is -2.32. The maximum Gasteiger partial charge on any atom is 0.242 e. The van der Waals surface area contributed by atoms with Crippen LogP contribution >= 0.6 is 0 Å². The number of carbonyl (C=O) groups is 1. The zero-order chi connectivity index (χ0) is 12.5. The number of carbonyl (C=O) groups excluding carboxylic acids is 1. The fourth-order valence-corrected chi connectivity index (χ4v) is 2.22. The van der Waals surface area contributed by atoms with E-state index in [0.717, 1.165) is 6.54 Å². The van der Waals surface area contributed by atoms with Gasteiger partial charge in [-0.25, -0.2) is 0 Å². The molecule has 2 saturated carbocycles. The second-order valence-electron chi connectivity index (χ2n) is 5.52. The SMILES string of the molecule is CN(C(=O)Cn1cccc1CNC1CC1)C1CC1. The van der Waals surface area contributed by atoms with Crippen molar-refractivity contribution in [3.63, 3.8) is 0 Å². The van der Waals surface area contributed by atoms with Crippen LogP contribution in [0.25, 0.3) is 0 Å². The fraction of sp³-hybridized carbons (Fsp3) is 0.643. The molecule has 0 atom stereocenters. The molecule has 0 aromatic carbocycles. The molecule has 1 N–H and O–H groups in total. The van der Waals surface area contributed by atoms with E-state index < -0.39 is 0 Å². The number of rotatable bonds is 6. The van der Waals surface area contributed by atoms with Crippen LogP contribution in [0.4, 0.5) is 0 Å². The number of hydrogen-bond donors (Lipinski definition) is 1. The van der Waals surface area contributed by atoms with E-state index in [1.807, 2.05) is 24.2 Å². The normalized spacial score (nSPS) is 18.9. The molecule has 0 saturated heterocycles.